The fraction of sp³-hybridized carbons (Fsp3) is 0.579. The summed E-state index contributed by atoms with van der Waals surface area (Å²) in [5.74, 6) is 5.48. The molecule has 1 fully saturated rings. The number of nitrogens with zero attached hydrogens (tertiary/aromatic N) is 3. The maximum atomic E-state index is 11.8. The van der Waals surface area contributed by atoms with Crippen molar-refractivity contribution in [2.75, 3.05) is 44.9 Å². The van der Waals surface area contributed by atoms with Crippen LogP contribution in [0.1, 0.15) is 31.7 Å². The molecule has 0 radical (unpaired) electrons. The normalized spacial score (nSPS) is 17.9. The van der Waals surface area contributed by atoms with Crippen molar-refractivity contribution < 1.29 is 19.4 Å². The van der Waals surface area contributed by atoms with E-state index in [1.54, 1.807) is 14.0 Å². The number of rotatable bonds is 8. The summed E-state index contributed by atoms with van der Waals surface area (Å²) in [4.78, 5) is 18.6. The van der Waals surface area contributed by atoms with Crippen molar-refractivity contribution in [1.29, 1.82) is 0 Å². The number of esters is 1. The van der Waals surface area contributed by atoms with Crippen LogP contribution in [0.5, 0.6) is 0 Å². The summed E-state index contributed by atoms with van der Waals surface area (Å²) in [6, 6.07) is 3.78. The van der Waals surface area contributed by atoms with Crippen LogP contribution in [0, 0.1) is 0 Å². The Morgan fingerprint density at radius 1 is 1.46 bits per heavy atom. The van der Waals surface area contributed by atoms with E-state index in [1.807, 2.05) is 19.1 Å². The Balaban J connectivity index is 2.23. The Hall–Kier alpha value is -2.36. The Labute approximate surface area is 165 Å². The maximum absolute atomic E-state index is 11.8. The van der Waals surface area contributed by atoms with E-state index in [0.717, 1.165) is 11.4 Å². The number of aryl methyl sites for hydroxylation is 1. The molecule has 0 bridgehead atoms. The van der Waals surface area contributed by atoms with Crippen LogP contribution in [0.25, 0.3) is 5.70 Å². The van der Waals surface area contributed by atoms with E-state index in [9.17, 15) is 9.90 Å². The first-order valence-electron chi connectivity index (χ1n) is 9.51. The molecule has 0 aromatic carbocycles. The van der Waals surface area contributed by atoms with Gasteiger partial charge in [-0.05, 0) is 25.5 Å². The van der Waals surface area contributed by atoms with E-state index in [4.69, 9.17) is 21.1 Å². The zero-order valence-electron chi connectivity index (χ0n) is 16.9. The molecule has 0 aliphatic carbocycles. The number of aliphatic hydroxyl groups excluding tert-OH is 1. The van der Waals surface area contributed by atoms with Gasteiger partial charge in [-0.15, -0.1) is 0 Å². The number of pyridine rings is 1. The Bertz CT molecular complexity index is 708. The minimum atomic E-state index is -0.275. The SMILES string of the molecule is CCOC(=O)CC1CN(c2ccc(/C(N)=C(\CO)N(C)N)nc2CC)CCO1. The standard InChI is InChI=1S/C19H31N5O4/c1-4-14-16(7-6-15(22-14)19(20)17(12-25)23(3)21)24-8-9-28-13(11-24)10-18(26)27-5-2/h6-7,13,25H,4-5,8-12,20-21H2,1-3H3/b19-17-. The van der Waals surface area contributed by atoms with Gasteiger partial charge in [0.25, 0.3) is 0 Å². The molecular weight excluding hydrogens is 362 g/mol. The topological polar surface area (TPSA) is 127 Å². The van der Waals surface area contributed by atoms with Gasteiger partial charge < -0.3 is 30.2 Å². The van der Waals surface area contributed by atoms with Crippen molar-refractivity contribution in [3.8, 4) is 0 Å². The summed E-state index contributed by atoms with van der Waals surface area (Å²) in [6.07, 6.45) is 0.730. The molecule has 9 heteroatoms. The van der Waals surface area contributed by atoms with Gasteiger partial charge >= 0.3 is 5.97 Å². The van der Waals surface area contributed by atoms with Crippen LogP contribution in [0.4, 0.5) is 5.69 Å². The molecule has 5 N–H and O–H groups in total. The summed E-state index contributed by atoms with van der Waals surface area (Å²) in [6.45, 7) is 5.74. The zero-order chi connectivity index (χ0) is 20.7. The van der Waals surface area contributed by atoms with Gasteiger partial charge in [0.05, 0.1) is 60.8 Å². The van der Waals surface area contributed by atoms with Gasteiger partial charge in [0, 0.05) is 20.1 Å². The number of morpholine rings is 1. The van der Waals surface area contributed by atoms with Gasteiger partial charge in [0.15, 0.2) is 0 Å². The molecule has 0 saturated carbocycles. The number of carbonyl (C=O) groups is 1. The largest absolute Gasteiger partial charge is 0.466 e. The van der Waals surface area contributed by atoms with Crippen molar-refractivity contribution in [3.05, 3.63) is 29.2 Å². The number of carbonyl (C=O) groups excluding carboxylic acids is 1. The Morgan fingerprint density at radius 2 is 2.21 bits per heavy atom. The van der Waals surface area contributed by atoms with E-state index in [1.165, 1.54) is 5.01 Å². The second-order valence-corrected chi connectivity index (χ2v) is 6.59. The van der Waals surface area contributed by atoms with Gasteiger partial charge in [-0.2, -0.15) is 0 Å². The van der Waals surface area contributed by atoms with Crippen LogP contribution in [-0.4, -0.2) is 67.1 Å². The Morgan fingerprint density at radius 3 is 2.82 bits per heavy atom. The molecule has 1 aromatic rings. The molecule has 1 unspecified atom stereocenters. The molecule has 2 rings (SSSR count). The third-order valence-electron chi connectivity index (χ3n) is 4.63. The molecule has 9 nitrogen and oxygen atoms in total. The highest BCUT2D eigenvalue weighted by Crippen LogP contribution is 2.25. The molecule has 1 saturated heterocycles. The summed E-state index contributed by atoms with van der Waals surface area (Å²) < 4.78 is 10.7. The molecule has 1 aliphatic heterocycles. The highest BCUT2D eigenvalue weighted by molar-refractivity contribution is 5.70. The van der Waals surface area contributed by atoms with Crippen LogP contribution in [0.15, 0.2) is 17.8 Å². The quantitative estimate of drug-likeness (QED) is 0.323. The van der Waals surface area contributed by atoms with Crippen molar-refractivity contribution in [3.63, 3.8) is 0 Å². The first-order chi connectivity index (χ1) is 13.4. The number of aromatic nitrogens is 1. The Kier molecular flexibility index (Phi) is 8.04. The monoisotopic (exact) mass is 393 g/mol. The minimum absolute atomic E-state index is 0.214. The molecule has 1 aliphatic rings. The predicted molar refractivity (Wildman–Crippen MR) is 107 cm³/mol. The molecule has 1 aromatic heterocycles. The average molecular weight is 393 g/mol. The van der Waals surface area contributed by atoms with E-state index in [2.05, 4.69) is 9.88 Å². The van der Waals surface area contributed by atoms with E-state index in [-0.39, 0.29) is 25.1 Å². The van der Waals surface area contributed by atoms with E-state index in [0.29, 0.717) is 49.8 Å². The lowest BCUT2D eigenvalue weighted by molar-refractivity contribution is -0.146. The summed E-state index contributed by atoms with van der Waals surface area (Å²) >= 11 is 0. The maximum Gasteiger partial charge on any atom is 0.308 e. The first-order valence-corrected chi connectivity index (χ1v) is 9.51. The predicted octanol–water partition coefficient (Wildman–Crippen LogP) is 0.228. The number of hydrazine groups is 1. The van der Waals surface area contributed by atoms with Crippen molar-refractivity contribution in [2.45, 2.75) is 32.8 Å². The van der Waals surface area contributed by atoms with Crippen LogP contribution in [0.3, 0.4) is 0 Å². The average Bonchev–Trinajstić information content (AvgIpc) is 2.68. The number of hydrogen-bond donors (Lipinski definition) is 3. The number of ether oxygens (including phenoxy) is 2. The van der Waals surface area contributed by atoms with E-state index >= 15 is 0 Å². The number of likely N-dealkylation sites (N-methyl/N-ethyl adjacent to an activating group) is 1. The third kappa shape index (κ3) is 5.34. The first kappa shape index (κ1) is 21.9. The zero-order valence-corrected chi connectivity index (χ0v) is 16.9. The van der Waals surface area contributed by atoms with Crippen LogP contribution in [-0.2, 0) is 20.7 Å². The molecule has 2 heterocycles. The minimum Gasteiger partial charge on any atom is -0.466 e. The lowest BCUT2D eigenvalue weighted by atomic mass is 10.1. The molecule has 0 spiro atoms. The second-order valence-electron chi connectivity index (χ2n) is 6.59. The molecular formula is C19H31N5O4. The number of aliphatic hydroxyl groups is 1. The van der Waals surface area contributed by atoms with Gasteiger partial charge in [0.1, 0.15) is 0 Å². The summed E-state index contributed by atoms with van der Waals surface area (Å²) in [5, 5.41) is 10.8. The number of nitrogens with two attached hydrogens (primary N) is 2. The summed E-state index contributed by atoms with van der Waals surface area (Å²) in [7, 11) is 1.62. The lowest BCUT2D eigenvalue weighted by Gasteiger charge is -2.35. The fourth-order valence-corrected chi connectivity index (χ4v) is 3.19. The molecule has 156 valence electrons. The van der Waals surface area contributed by atoms with Gasteiger partial charge in [-0.1, -0.05) is 6.92 Å². The second kappa shape index (κ2) is 10.3. The molecule has 1 atom stereocenters. The third-order valence-corrected chi connectivity index (χ3v) is 4.63. The smallest absolute Gasteiger partial charge is 0.308 e. The highest BCUT2D eigenvalue weighted by Gasteiger charge is 2.25. The van der Waals surface area contributed by atoms with Crippen molar-refractivity contribution in [2.24, 2.45) is 11.6 Å². The summed E-state index contributed by atoms with van der Waals surface area (Å²) in [5.41, 5.74) is 9.35. The fourth-order valence-electron chi connectivity index (χ4n) is 3.19. The van der Waals surface area contributed by atoms with Crippen molar-refractivity contribution in [1.82, 2.24) is 9.99 Å². The molecule has 0 amide bonds. The number of hydrogen-bond acceptors (Lipinski definition) is 9. The van der Waals surface area contributed by atoms with Crippen LogP contribution >= 0.6 is 0 Å². The highest BCUT2D eigenvalue weighted by atomic mass is 16.5. The molecule has 28 heavy (non-hydrogen) atoms. The van der Waals surface area contributed by atoms with Gasteiger partial charge in [0.2, 0.25) is 0 Å². The van der Waals surface area contributed by atoms with Crippen LogP contribution < -0.4 is 16.5 Å². The van der Waals surface area contributed by atoms with Gasteiger partial charge in [-0.3, -0.25) is 4.79 Å². The van der Waals surface area contributed by atoms with Crippen molar-refractivity contribution >= 4 is 17.4 Å². The lowest BCUT2D eigenvalue weighted by Crippen LogP contribution is -2.44. The van der Waals surface area contributed by atoms with Crippen LogP contribution in [0.2, 0.25) is 0 Å². The number of anilines is 1. The van der Waals surface area contributed by atoms with E-state index < -0.39 is 0 Å². The van der Waals surface area contributed by atoms with Gasteiger partial charge in [-0.25, -0.2) is 10.8 Å².